The van der Waals surface area contributed by atoms with Gasteiger partial charge in [0.2, 0.25) is 0 Å². The van der Waals surface area contributed by atoms with Crippen molar-refractivity contribution in [3.05, 3.63) is 17.5 Å². The van der Waals surface area contributed by atoms with Crippen LogP contribution in [0.1, 0.15) is 30.7 Å². The Hall–Kier alpha value is -1.12. The zero-order valence-electron chi connectivity index (χ0n) is 8.79. The van der Waals surface area contributed by atoms with Crippen LogP contribution < -0.4 is 0 Å². The van der Waals surface area contributed by atoms with Crippen LogP contribution in [0.5, 0.6) is 0 Å². The molecule has 1 heterocycles. The molecule has 2 rings (SSSR count). The second kappa shape index (κ2) is 3.56. The number of rotatable bonds is 2. The van der Waals surface area contributed by atoms with E-state index in [0.29, 0.717) is 5.78 Å². The summed E-state index contributed by atoms with van der Waals surface area (Å²) in [6.07, 6.45) is 3.78. The standard InChI is InChI=1S/C11H16N2O/c1-8-6-10(13(2)12-8)7-9-4-3-5-11(9)14/h6,9H,3-5,7H2,1-2H3/t9-/m0/s1. The van der Waals surface area contributed by atoms with Gasteiger partial charge in [0.15, 0.2) is 0 Å². The zero-order chi connectivity index (χ0) is 10.1. The second-order valence-electron chi connectivity index (χ2n) is 4.16. The molecule has 76 valence electrons. The second-order valence-corrected chi connectivity index (χ2v) is 4.16. The number of carbonyl (C=O) groups excluding carboxylic acids is 1. The fourth-order valence-corrected chi connectivity index (χ4v) is 2.21. The van der Waals surface area contributed by atoms with Crippen molar-refractivity contribution in [2.45, 2.75) is 32.6 Å². The highest BCUT2D eigenvalue weighted by molar-refractivity contribution is 5.83. The number of Topliss-reactive ketones (excluding diaryl/α,β-unsaturated/α-hetero) is 1. The highest BCUT2D eigenvalue weighted by atomic mass is 16.1. The normalized spacial score (nSPS) is 21.9. The highest BCUT2D eigenvalue weighted by Crippen LogP contribution is 2.24. The quantitative estimate of drug-likeness (QED) is 0.714. The predicted molar refractivity (Wildman–Crippen MR) is 54.0 cm³/mol. The van der Waals surface area contributed by atoms with Gasteiger partial charge in [0.05, 0.1) is 5.69 Å². The van der Waals surface area contributed by atoms with E-state index < -0.39 is 0 Å². The first-order valence-electron chi connectivity index (χ1n) is 5.19. The van der Waals surface area contributed by atoms with Crippen molar-refractivity contribution in [1.29, 1.82) is 0 Å². The van der Waals surface area contributed by atoms with E-state index in [0.717, 1.165) is 31.4 Å². The Labute approximate surface area is 84.1 Å². The van der Waals surface area contributed by atoms with Crippen LogP contribution in [0.3, 0.4) is 0 Å². The van der Waals surface area contributed by atoms with Gasteiger partial charge in [-0.2, -0.15) is 5.10 Å². The van der Waals surface area contributed by atoms with Crippen LogP contribution in [0.15, 0.2) is 6.07 Å². The Balaban J connectivity index is 2.10. The SMILES string of the molecule is Cc1cc(C[C@@H]2CCCC2=O)n(C)n1. The van der Waals surface area contributed by atoms with Crippen LogP contribution in [0, 0.1) is 12.8 Å². The van der Waals surface area contributed by atoms with E-state index in [1.807, 2.05) is 18.7 Å². The Kier molecular flexibility index (Phi) is 2.40. The molecule has 0 radical (unpaired) electrons. The van der Waals surface area contributed by atoms with Gasteiger partial charge in [-0.3, -0.25) is 9.48 Å². The third-order valence-electron chi connectivity index (χ3n) is 2.99. The van der Waals surface area contributed by atoms with Gasteiger partial charge < -0.3 is 0 Å². The van der Waals surface area contributed by atoms with E-state index in [2.05, 4.69) is 11.2 Å². The van der Waals surface area contributed by atoms with Crippen LogP contribution in [0.2, 0.25) is 0 Å². The topological polar surface area (TPSA) is 34.9 Å². The lowest BCUT2D eigenvalue weighted by atomic mass is 10.0. The molecule has 1 aliphatic carbocycles. The van der Waals surface area contributed by atoms with Crippen LogP contribution in [0.4, 0.5) is 0 Å². The molecule has 1 fully saturated rings. The summed E-state index contributed by atoms with van der Waals surface area (Å²) in [5.41, 5.74) is 2.22. The van der Waals surface area contributed by atoms with Gasteiger partial charge in [0.25, 0.3) is 0 Å². The van der Waals surface area contributed by atoms with Crippen molar-refractivity contribution in [2.24, 2.45) is 13.0 Å². The Morgan fingerprint density at radius 2 is 2.43 bits per heavy atom. The molecular weight excluding hydrogens is 176 g/mol. The molecule has 1 aromatic heterocycles. The van der Waals surface area contributed by atoms with Gasteiger partial charge in [0.1, 0.15) is 5.78 Å². The van der Waals surface area contributed by atoms with Gasteiger partial charge in [-0.15, -0.1) is 0 Å². The molecule has 0 unspecified atom stereocenters. The number of hydrogen-bond donors (Lipinski definition) is 0. The first-order valence-corrected chi connectivity index (χ1v) is 5.19. The number of carbonyl (C=O) groups is 1. The first kappa shape index (κ1) is 9.44. The Morgan fingerprint density at radius 1 is 1.64 bits per heavy atom. The molecule has 1 aliphatic rings. The van der Waals surface area contributed by atoms with Gasteiger partial charge in [-0.05, 0) is 32.3 Å². The minimum atomic E-state index is 0.254. The maximum absolute atomic E-state index is 11.5. The molecule has 1 saturated carbocycles. The number of aromatic nitrogens is 2. The highest BCUT2D eigenvalue weighted by Gasteiger charge is 2.25. The van der Waals surface area contributed by atoms with E-state index in [4.69, 9.17) is 0 Å². The molecule has 0 N–H and O–H groups in total. The maximum atomic E-state index is 11.5. The van der Waals surface area contributed by atoms with Crippen molar-refractivity contribution in [3.8, 4) is 0 Å². The molecule has 0 bridgehead atoms. The summed E-state index contributed by atoms with van der Waals surface area (Å²) in [5, 5.41) is 4.28. The zero-order valence-corrected chi connectivity index (χ0v) is 8.79. The van der Waals surface area contributed by atoms with Crippen molar-refractivity contribution < 1.29 is 4.79 Å². The predicted octanol–water partition coefficient (Wildman–Crippen LogP) is 1.64. The molecular formula is C11H16N2O. The molecule has 0 spiro atoms. The fraction of sp³-hybridized carbons (Fsp3) is 0.636. The number of ketones is 1. The van der Waals surface area contributed by atoms with Gasteiger partial charge in [-0.1, -0.05) is 0 Å². The van der Waals surface area contributed by atoms with E-state index in [1.54, 1.807) is 0 Å². The maximum Gasteiger partial charge on any atom is 0.136 e. The third kappa shape index (κ3) is 1.72. The van der Waals surface area contributed by atoms with Crippen molar-refractivity contribution >= 4 is 5.78 Å². The lowest BCUT2D eigenvalue weighted by molar-refractivity contribution is -0.120. The summed E-state index contributed by atoms with van der Waals surface area (Å²) >= 11 is 0. The molecule has 0 saturated heterocycles. The van der Waals surface area contributed by atoms with Gasteiger partial charge >= 0.3 is 0 Å². The van der Waals surface area contributed by atoms with Crippen molar-refractivity contribution in [2.75, 3.05) is 0 Å². The Bertz CT molecular complexity index is 354. The van der Waals surface area contributed by atoms with Gasteiger partial charge in [0, 0.05) is 25.1 Å². The lowest BCUT2D eigenvalue weighted by Crippen LogP contribution is -2.12. The lowest BCUT2D eigenvalue weighted by Gasteiger charge is -2.07. The molecule has 0 aliphatic heterocycles. The van der Waals surface area contributed by atoms with E-state index in [-0.39, 0.29) is 5.92 Å². The van der Waals surface area contributed by atoms with E-state index >= 15 is 0 Å². The summed E-state index contributed by atoms with van der Waals surface area (Å²) in [6.45, 7) is 1.99. The van der Waals surface area contributed by atoms with Crippen LogP contribution in [-0.2, 0) is 18.3 Å². The first-order chi connectivity index (χ1) is 6.66. The van der Waals surface area contributed by atoms with Crippen molar-refractivity contribution in [1.82, 2.24) is 9.78 Å². The molecule has 3 heteroatoms. The summed E-state index contributed by atoms with van der Waals surface area (Å²) in [4.78, 5) is 11.5. The molecule has 3 nitrogen and oxygen atoms in total. The summed E-state index contributed by atoms with van der Waals surface area (Å²) < 4.78 is 1.89. The molecule has 0 aromatic carbocycles. The van der Waals surface area contributed by atoms with Crippen LogP contribution in [-0.4, -0.2) is 15.6 Å². The van der Waals surface area contributed by atoms with Crippen molar-refractivity contribution in [3.63, 3.8) is 0 Å². The summed E-state index contributed by atoms with van der Waals surface area (Å²) in [7, 11) is 1.95. The van der Waals surface area contributed by atoms with Crippen LogP contribution >= 0.6 is 0 Å². The summed E-state index contributed by atoms with van der Waals surface area (Å²) in [6, 6.07) is 2.08. The number of hydrogen-bond acceptors (Lipinski definition) is 2. The smallest absolute Gasteiger partial charge is 0.136 e. The largest absolute Gasteiger partial charge is 0.299 e. The minimum Gasteiger partial charge on any atom is -0.299 e. The molecule has 1 atom stereocenters. The molecule has 0 amide bonds. The fourth-order valence-electron chi connectivity index (χ4n) is 2.21. The van der Waals surface area contributed by atoms with Crippen LogP contribution in [0.25, 0.3) is 0 Å². The third-order valence-corrected chi connectivity index (χ3v) is 2.99. The van der Waals surface area contributed by atoms with Gasteiger partial charge in [-0.25, -0.2) is 0 Å². The average Bonchev–Trinajstić information content (AvgIpc) is 2.62. The average molecular weight is 192 g/mol. The summed E-state index contributed by atoms with van der Waals surface area (Å²) in [5.74, 6) is 0.689. The van der Waals surface area contributed by atoms with E-state index in [9.17, 15) is 4.79 Å². The Morgan fingerprint density at radius 3 is 2.93 bits per heavy atom. The van der Waals surface area contributed by atoms with E-state index in [1.165, 1.54) is 5.69 Å². The monoisotopic (exact) mass is 192 g/mol. The number of aryl methyl sites for hydroxylation is 2. The molecule has 14 heavy (non-hydrogen) atoms. The molecule has 1 aromatic rings. The minimum absolute atomic E-state index is 0.254. The number of nitrogens with zero attached hydrogens (tertiary/aromatic N) is 2.